The number of hydrogen-bond donors (Lipinski definition) is 0. The summed E-state index contributed by atoms with van der Waals surface area (Å²) in [6, 6.07) is 3.92. The van der Waals surface area contributed by atoms with Crippen LogP contribution >= 0.6 is 0 Å². The molecule has 0 bridgehead atoms. The van der Waals surface area contributed by atoms with E-state index in [0.717, 1.165) is 23.6 Å². The number of hydrogen-bond acceptors (Lipinski definition) is 10. The molecular weight excluding hydrogens is 749 g/mol. The Morgan fingerprint density at radius 2 is 1.34 bits per heavy atom. The van der Waals surface area contributed by atoms with E-state index in [-0.39, 0.29) is 32.9 Å². The summed E-state index contributed by atoms with van der Waals surface area (Å²) in [5.74, 6) is 3.54. The molecular formula is C29H40N5O9Re-. The van der Waals surface area contributed by atoms with Gasteiger partial charge in [-0.15, -0.1) is 0 Å². The van der Waals surface area contributed by atoms with Crippen LogP contribution in [-0.2, 0) is 74.9 Å². The van der Waals surface area contributed by atoms with Crippen LogP contribution in [0.4, 0.5) is 0 Å². The number of nitrogens with zero attached hydrogens (tertiary/aromatic N) is 5. The maximum Gasteiger partial charge on any atom is 0 e. The summed E-state index contributed by atoms with van der Waals surface area (Å²) in [6.07, 6.45) is 7.83. The van der Waals surface area contributed by atoms with Gasteiger partial charge in [0.05, 0.1) is 41.0 Å². The van der Waals surface area contributed by atoms with Crippen LogP contribution in [0.25, 0.3) is 0 Å². The molecule has 3 aromatic rings. The summed E-state index contributed by atoms with van der Waals surface area (Å²) in [5, 5.41) is 0. The second kappa shape index (κ2) is 25.1. The quantitative estimate of drug-likeness (QED) is 0.0917. The monoisotopic (exact) mass is 789 g/mol. The minimum absolute atomic E-state index is 0. The number of rotatable bonds is 16. The first kappa shape index (κ1) is 42.8. The minimum Gasteiger partial charge on any atom is -0.545 e. The van der Waals surface area contributed by atoms with Crippen LogP contribution in [-0.4, -0.2) is 79.7 Å². The van der Waals surface area contributed by atoms with E-state index in [2.05, 4.69) is 46.4 Å². The molecule has 1 atom stereocenters. The fraction of sp³-hybridized carbons (Fsp3) is 0.483. The summed E-state index contributed by atoms with van der Waals surface area (Å²) in [6.45, 7) is 16.6. The van der Waals surface area contributed by atoms with Crippen molar-refractivity contribution < 1.29 is 62.9 Å². The topological polar surface area (TPSA) is 151 Å². The van der Waals surface area contributed by atoms with E-state index >= 15 is 0 Å². The molecule has 2 heterocycles. The first-order chi connectivity index (χ1) is 21.0. The molecule has 0 amide bonds. The van der Waals surface area contributed by atoms with Crippen LogP contribution in [0.5, 0.6) is 17.2 Å². The van der Waals surface area contributed by atoms with Gasteiger partial charge in [0.2, 0.25) is 5.75 Å². The molecule has 243 valence electrons. The Kier molecular flexibility index (Phi) is 24.4. The summed E-state index contributed by atoms with van der Waals surface area (Å²) in [5.41, 5.74) is 0.996. The van der Waals surface area contributed by atoms with Gasteiger partial charge in [0.15, 0.2) is 17.8 Å². The molecule has 14 nitrogen and oxygen atoms in total. The average Bonchev–Trinajstić information content (AvgIpc) is 3.71. The molecule has 0 aliphatic carbocycles. The summed E-state index contributed by atoms with van der Waals surface area (Å²) in [4.78, 5) is 19.3. The molecule has 1 aromatic carbocycles. The number of methoxy groups -OCH3 is 6. The molecule has 0 aliphatic heterocycles. The Morgan fingerprint density at radius 1 is 0.818 bits per heavy atom. The maximum atomic E-state index is 7.75. The molecule has 0 N–H and O–H groups in total. The second-order valence-electron chi connectivity index (χ2n) is 8.42. The smallest absolute Gasteiger partial charge is 0 e. The van der Waals surface area contributed by atoms with Crippen LogP contribution in [0.2, 0.25) is 0 Å². The van der Waals surface area contributed by atoms with Crippen LogP contribution < -0.4 is 14.2 Å². The van der Waals surface area contributed by atoms with E-state index in [1.165, 1.54) is 0 Å². The van der Waals surface area contributed by atoms with Crippen molar-refractivity contribution in [2.24, 2.45) is 0 Å². The van der Waals surface area contributed by atoms with Crippen molar-refractivity contribution >= 4 is 6.79 Å². The normalized spacial score (nSPS) is 10.6. The second-order valence-corrected chi connectivity index (χ2v) is 8.42. The van der Waals surface area contributed by atoms with Crippen molar-refractivity contribution in [3.8, 4) is 17.2 Å². The van der Waals surface area contributed by atoms with E-state index < -0.39 is 0 Å². The number of ether oxygens (including phenoxy) is 6. The molecule has 0 fully saturated rings. The van der Waals surface area contributed by atoms with E-state index in [0.29, 0.717) is 43.4 Å². The molecule has 0 spiro atoms. The largest absolute Gasteiger partial charge is 0.545 e. The van der Waals surface area contributed by atoms with E-state index in [4.69, 9.17) is 42.5 Å². The Balaban J connectivity index is 0. The number of aromatic nitrogens is 4. The van der Waals surface area contributed by atoms with Crippen molar-refractivity contribution in [2.45, 2.75) is 52.0 Å². The Hall–Kier alpha value is -3.31. The van der Waals surface area contributed by atoms with Crippen molar-refractivity contribution in [3.05, 3.63) is 67.4 Å². The predicted molar refractivity (Wildman–Crippen MR) is 152 cm³/mol. The zero-order valence-electron chi connectivity index (χ0n) is 26.0. The average molecular weight is 789 g/mol. The number of carbonyl (C=O) groups excluding carboxylic acids is 1. The van der Waals surface area contributed by atoms with E-state index in [1.807, 2.05) is 29.1 Å². The summed E-state index contributed by atoms with van der Waals surface area (Å²) in [7, 11) is 9.79. The Labute approximate surface area is 272 Å². The molecule has 3 rings (SSSR count). The van der Waals surface area contributed by atoms with Crippen LogP contribution in [0, 0.1) is 13.3 Å². The molecule has 2 aromatic heterocycles. The van der Waals surface area contributed by atoms with Gasteiger partial charge in [-0.1, -0.05) is 6.92 Å². The van der Waals surface area contributed by atoms with Crippen LogP contribution in [0.15, 0.2) is 36.9 Å². The van der Waals surface area contributed by atoms with E-state index in [1.54, 1.807) is 55.1 Å². The number of benzene rings is 1. The zero-order chi connectivity index (χ0) is 32.8. The van der Waals surface area contributed by atoms with Gasteiger partial charge in [-0.3, -0.25) is 11.7 Å². The molecule has 1 radical (unpaired) electrons. The summed E-state index contributed by atoms with van der Waals surface area (Å²) >= 11 is 0. The first-order valence-electron chi connectivity index (χ1n) is 12.8. The van der Waals surface area contributed by atoms with Crippen LogP contribution in [0.3, 0.4) is 0 Å². The fourth-order valence-electron chi connectivity index (χ4n) is 4.32. The third-order valence-electron chi connectivity index (χ3n) is 6.21. The van der Waals surface area contributed by atoms with Crippen molar-refractivity contribution in [1.82, 2.24) is 24.0 Å². The molecule has 0 saturated carbocycles. The summed E-state index contributed by atoms with van der Waals surface area (Å²) < 4.78 is 52.2. The van der Waals surface area contributed by atoms with Crippen molar-refractivity contribution in [2.75, 3.05) is 42.7 Å². The maximum absolute atomic E-state index is 7.75. The fourth-order valence-corrected chi connectivity index (χ4v) is 4.32. The number of imidazole rings is 2. The van der Waals surface area contributed by atoms with Gasteiger partial charge in [-0.2, -0.15) is 0 Å². The Morgan fingerprint density at radius 3 is 1.82 bits per heavy atom. The predicted octanol–water partition coefficient (Wildman–Crippen LogP) is 3.13. The third-order valence-corrected chi connectivity index (χ3v) is 6.21. The molecule has 0 aliphatic rings. The molecule has 0 saturated heterocycles. The van der Waals surface area contributed by atoms with Gasteiger partial charge < -0.3 is 42.3 Å². The van der Waals surface area contributed by atoms with Crippen molar-refractivity contribution in [3.63, 3.8) is 0 Å². The Bertz CT molecular complexity index is 1180. The van der Waals surface area contributed by atoms with Gasteiger partial charge >= 0.3 is 22.6 Å². The standard InChI is InChI=1S/C26H39N5O6.CHO.2CO.Re/c1-8-24(34-4)31-12-10-28-23(31)17-29(16-22-27-9-11-30(22)18-25(35-5)36-6)15-19-13-20(32-2)26(37-7)21(14-19)33-3;3*1-2;/h9-14,24-25H,8,15-18H2,1-7H3;1H;;;/q;-1;;;. The minimum atomic E-state index is -0.373. The van der Waals surface area contributed by atoms with Gasteiger partial charge in [0, 0.05) is 73.1 Å². The van der Waals surface area contributed by atoms with Crippen molar-refractivity contribution in [1.29, 1.82) is 0 Å². The van der Waals surface area contributed by atoms with Crippen LogP contribution in [0.1, 0.15) is 36.8 Å². The molecule has 1 unspecified atom stereocenters. The molecule has 15 heteroatoms. The van der Waals surface area contributed by atoms with Gasteiger partial charge in [-0.05, 0) is 24.1 Å². The zero-order valence-corrected chi connectivity index (χ0v) is 28.7. The van der Waals surface area contributed by atoms with E-state index in [9.17, 15) is 0 Å². The third kappa shape index (κ3) is 12.4. The van der Waals surface area contributed by atoms with Gasteiger partial charge in [0.1, 0.15) is 17.9 Å². The molecule has 44 heavy (non-hydrogen) atoms. The SMILES string of the molecule is CCC(OC)n1ccnc1CN(Cc1cc(OC)c(OC)c(OC)c1)Cc1nccn1CC(OC)OC.[C-]#[O+].[C-]#[O+].[CH-]=O.[Re]. The first-order valence-corrected chi connectivity index (χ1v) is 12.8. The van der Waals surface area contributed by atoms with Gasteiger partial charge in [-0.25, -0.2) is 9.97 Å². The van der Waals surface area contributed by atoms with Gasteiger partial charge in [0.25, 0.3) is 0 Å².